The summed E-state index contributed by atoms with van der Waals surface area (Å²) in [6.07, 6.45) is 3.82. The van der Waals surface area contributed by atoms with E-state index < -0.39 is 0 Å². The van der Waals surface area contributed by atoms with Crippen LogP contribution in [0.1, 0.15) is 60.8 Å². The molecule has 2 heteroatoms. The maximum absolute atomic E-state index is 9.70. The van der Waals surface area contributed by atoms with E-state index in [0.29, 0.717) is 28.6 Å². The zero-order chi connectivity index (χ0) is 16.0. The molecule has 0 aromatic carbocycles. The molecular weight excluding hydrogens is 270 g/mol. The van der Waals surface area contributed by atoms with E-state index >= 15 is 0 Å². The minimum absolute atomic E-state index is 0.349. The molecule has 6 atom stereocenters. The number of fused-ring (bicyclic) bond motifs is 4. The Morgan fingerprint density at radius 2 is 1.59 bits per heavy atom. The molecule has 0 aliphatic heterocycles. The number of hydrogen-bond donors (Lipinski definition) is 1. The lowest BCUT2D eigenvalue weighted by atomic mass is 9.62. The van der Waals surface area contributed by atoms with Crippen LogP contribution in [0.15, 0.2) is 16.3 Å². The standard InChI is InChI=1S/C20H31NO/c1-10-13-7-12(19(10,3)4)8-15(13)17-16-9-14(18(17)21-22)11(2)20(16,5)6/h10-14,16,22H,7-9H2,1-6H3/b17-15?,21-18-/t10-,11-,12+,13-,14+,16-/m1/s1. The first kappa shape index (κ1) is 14.8. The summed E-state index contributed by atoms with van der Waals surface area (Å²) < 4.78 is 0. The minimum atomic E-state index is 0.349. The molecule has 4 aliphatic rings. The highest BCUT2D eigenvalue weighted by Crippen LogP contribution is 2.66. The largest absolute Gasteiger partial charge is 0.411 e. The van der Waals surface area contributed by atoms with Crippen LogP contribution in [-0.2, 0) is 0 Å². The van der Waals surface area contributed by atoms with Crippen LogP contribution in [0, 0.1) is 46.3 Å². The molecule has 0 amide bonds. The van der Waals surface area contributed by atoms with E-state index in [9.17, 15) is 5.21 Å². The lowest BCUT2D eigenvalue weighted by molar-refractivity contribution is 0.160. The van der Waals surface area contributed by atoms with Crippen molar-refractivity contribution in [1.82, 2.24) is 0 Å². The van der Waals surface area contributed by atoms with Gasteiger partial charge in [-0.1, -0.05) is 52.3 Å². The van der Waals surface area contributed by atoms with Gasteiger partial charge in [0.15, 0.2) is 0 Å². The van der Waals surface area contributed by atoms with Crippen LogP contribution in [0.25, 0.3) is 0 Å². The molecule has 0 radical (unpaired) electrons. The number of nitrogens with zero attached hydrogens (tertiary/aromatic N) is 1. The minimum Gasteiger partial charge on any atom is -0.411 e. The molecule has 122 valence electrons. The van der Waals surface area contributed by atoms with E-state index in [0.717, 1.165) is 23.5 Å². The summed E-state index contributed by atoms with van der Waals surface area (Å²) in [5.74, 6) is 4.04. The molecule has 0 heterocycles. The summed E-state index contributed by atoms with van der Waals surface area (Å²) in [6.45, 7) is 14.6. The van der Waals surface area contributed by atoms with Crippen LogP contribution < -0.4 is 0 Å². The summed E-state index contributed by atoms with van der Waals surface area (Å²) in [7, 11) is 0. The van der Waals surface area contributed by atoms with Crippen molar-refractivity contribution in [2.24, 2.45) is 51.5 Å². The molecule has 4 fully saturated rings. The summed E-state index contributed by atoms with van der Waals surface area (Å²) in [5, 5.41) is 13.5. The third kappa shape index (κ3) is 1.50. The molecular formula is C20H31NO. The molecule has 4 bridgehead atoms. The van der Waals surface area contributed by atoms with Crippen molar-refractivity contribution in [3.63, 3.8) is 0 Å². The van der Waals surface area contributed by atoms with Crippen LogP contribution in [0.5, 0.6) is 0 Å². The molecule has 0 spiro atoms. The van der Waals surface area contributed by atoms with Gasteiger partial charge in [-0.15, -0.1) is 0 Å². The third-order valence-corrected chi connectivity index (χ3v) is 8.88. The summed E-state index contributed by atoms with van der Waals surface area (Å²) in [5.41, 5.74) is 5.06. The SMILES string of the molecule is C[C@@H]1[C@H]2C[C@@H](CC2=C2/C(=N\O)[C@H]3C[C@H]2C(C)(C)[C@@H]3C)C1(C)C. The van der Waals surface area contributed by atoms with Crippen molar-refractivity contribution >= 4 is 5.71 Å². The molecule has 0 saturated heterocycles. The van der Waals surface area contributed by atoms with E-state index in [2.05, 4.69) is 46.7 Å². The van der Waals surface area contributed by atoms with Crippen molar-refractivity contribution in [2.45, 2.75) is 60.8 Å². The van der Waals surface area contributed by atoms with Gasteiger partial charge >= 0.3 is 0 Å². The molecule has 4 aliphatic carbocycles. The van der Waals surface area contributed by atoms with Gasteiger partial charge in [-0.2, -0.15) is 0 Å². The Balaban J connectivity index is 1.81. The Kier molecular flexibility index (Phi) is 2.81. The smallest absolute Gasteiger partial charge is 0.0864 e. The molecule has 2 nitrogen and oxygen atoms in total. The topological polar surface area (TPSA) is 32.6 Å². The quantitative estimate of drug-likeness (QED) is 0.488. The molecule has 22 heavy (non-hydrogen) atoms. The zero-order valence-electron chi connectivity index (χ0n) is 15.0. The van der Waals surface area contributed by atoms with Gasteiger partial charge in [-0.3, -0.25) is 0 Å². The van der Waals surface area contributed by atoms with Crippen molar-refractivity contribution < 1.29 is 5.21 Å². The van der Waals surface area contributed by atoms with E-state index in [1.54, 1.807) is 5.57 Å². The molecule has 0 aromatic heterocycles. The highest BCUT2D eigenvalue weighted by molar-refractivity contribution is 6.06. The summed E-state index contributed by atoms with van der Waals surface area (Å²) in [6, 6.07) is 0. The maximum atomic E-state index is 9.70. The monoisotopic (exact) mass is 301 g/mol. The Morgan fingerprint density at radius 3 is 2.14 bits per heavy atom. The van der Waals surface area contributed by atoms with Gasteiger partial charge < -0.3 is 5.21 Å². The summed E-state index contributed by atoms with van der Waals surface area (Å²) >= 11 is 0. The van der Waals surface area contributed by atoms with E-state index in [-0.39, 0.29) is 0 Å². The average Bonchev–Trinajstić information content (AvgIpc) is 3.14. The van der Waals surface area contributed by atoms with Gasteiger partial charge in [0.2, 0.25) is 0 Å². The first-order valence-corrected chi connectivity index (χ1v) is 9.16. The molecule has 4 rings (SSSR count). The second kappa shape index (κ2) is 4.19. The van der Waals surface area contributed by atoms with Gasteiger partial charge in [0.25, 0.3) is 0 Å². The Bertz CT molecular complexity index is 579. The number of hydrogen-bond acceptors (Lipinski definition) is 2. The average molecular weight is 301 g/mol. The van der Waals surface area contributed by atoms with Crippen LogP contribution in [0.4, 0.5) is 0 Å². The Hall–Kier alpha value is -0.790. The number of oxime groups is 1. The molecule has 4 saturated carbocycles. The fourth-order valence-electron chi connectivity index (χ4n) is 6.55. The predicted molar refractivity (Wildman–Crippen MR) is 89.9 cm³/mol. The van der Waals surface area contributed by atoms with E-state index in [4.69, 9.17) is 0 Å². The zero-order valence-corrected chi connectivity index (χ0v) is 15.0. The maximum Gasteiger partial charge on any atom is 0.0864 e. The van der Waals surface area contributed by atoms with Gasteiger partial charge in [0.1, 0.15) is 0 Å². The van der Waals surface area contributed by atoms with Crippen LogP contribution >= 0.6 is 0 Å². The second-order valence-electron chi connectivity index (χ2n) is 9.78. The Morgan fingerprint density at radius 1 is 0.955 bits per heavy atom. The first-order chi connectivity index (χ1) is 10.2. The van der Waals surface area contributed by atoms with Crippen LogP contribution in [0.2, 0.25) is 0 Å². The van der Waals surface area contributed by atoms with Crippen molar-refractivity contribution in [2.75, 3.05) is 0 Å². The highest BCUT2D eigenvalue weighted by atomic mass is 16.4. The molecule has 0 unspecified atom stereocenters. The second-order valence-corrected chi connectivity index (χ2v) is 9.78. The van der Waals surface area contributed by atoms with E-state index in [1.165, 1.54) is 24.8 Å². The predicted octanol–water partition coefficient (Wildman–Crippen LogP) is 5.13. The highest BCUT2D eigenvalue weighted by Gasteiger charge is 2.60. The van der Waals surface area contributed by atoms with Crippen LogP contribution in [0.3, 0.4) is 0 Å². The fourth-order valence-corrected chi connectivity index (χ4v) is 6.55. The summed E-state index contributed by atoms with van der Waals surface area (Å²) in [4.78, 5) is 0. The van der Waals surface area contributed by atoms with Crippen molar-refractivity contribution in [3.05, 3.63) is 11.1 Å². The van der Waals surface area contributed by atoms with Crippen LogP contribution in [-0.4, -0.2) is 10.9 Å². The van der Waals surface area contributed by atoms with Crippen molar-refractivity contribution in [1.29, 1.82) is 0 Å². The van der Waals surface area contributed by atoms with Gasteiger partial charge in [0.05, 0.1) is 5.71 Å². The first-order valence-electron chi connectivity index (χ1n) is 9.16. The van der Waals surface area contributed by atoms with Gasteiger partial charge in [-0.25, -0.2) is 0 Å². The number of allylic oxidation sites excluding steroid dienone is 2. The van der Waals surface area contributed by atoms with Gasteiger partial charge in [0, 0.05) is 5.92 Å². The van der Waals surface area contributed by atoms with E-state index in [1.807, 2.05) is 0 Å². The van der Waals surface area contributed by atoms with Crippen molar-refractivity contribution in [3.8, 4) is 0 Å². The number of rotatable bonds is 0. The fraction of sp³-hybridized carbons (Fsp3) is 0.850. The lowest BCUT2D eigenvalue weighted by Crippen LogP contribution is -2.37. The lowest BCUT2D eigenvalue weighted by Gasteiger charge is -2.42. The third-order valence-electron chi connectivity index (χ3n) is 8.88. The molecule has 0 aromatic rings. The molecule has 1 N–H and O–H groups in total. The normalized spacial score (nSPS) is 52.9. The Labute approximate surface area is 135 Å². The van der Waals surface area contributed by atoms with Gasteiger partial charge in [-0.05, 0) is 65.3 Å².